The van der Waals surface area contributed by atoms with Crippen molar-refractivity contribution in [3.63, 3.8) is 0 Å². The summed E-state index contributed by atoms with van der Waals surface area (Å²) in [5, 5.41) is 13.8. The smallest absolute Gasteiger partial charge is 0.293 e. The zero-order valence-corrected chi connectivity index (χ0v) is 14.4. The van der Waals surface area contributed by atoms with E-state index in [0.717, 1.165) is 18.9 Å². The highest BCUT2D eigenvalue weighted by molar-refractivity contribution is 7.89. The molecule has 9 nitrogen and oxygen atoms in total. The number of carbonyl (C=O) groups is 1. The molecule has 10 heteroatoms. The van der Waals surface area contributed by atoms with Crippen LogP contribution in [0.25, 0.3) is 0 Å². The van der Waals surface area contributed by atoms with Crippen LogP contribution in [0.5, 0.6) is 0 Å². The third kappa shape index (κ3) is 4.77. The van der Waals surface area contributed by atoms with Gasteiger partial charge >= 0.3 is 0 Å². The van der Waals surface area contributed by atoms with Gasteiger partial charge in [-0.3, -0.25) is 14.9 Å². The Labute approximate surface area is 145 Å². The second kappa shape index (κ2) is 8.08. The predicted molar refractivity (Wildman–Crippen MR) is 92.9 cm³/mol. The summed E-state index contributed by atoms with van der Waals surface area (Å²) in [6.45, 7) is 4.60. The molecule has 0 bridgehead atoms. The van der Waals surface area contributed by atoms with Gasteiger partial charge in [0.25, 0.3) is 5.69 Å². The SMILES string of the molecule is C=CCNC(=O)CNS(=O)(=O)c1ccc(N2CCCC2)c([N+](=O)[O-])c1. The van der Waals surface area contributed by atoms with Gasteiger partial charge in [-0.25, -0.2) is 13.1 Å². The molecule has 0 saturated carbocycles. The number of anilines is 1. The Balaban J connectivity index is 2.20. The lowest BCUT2D eigenvalue weighted by Crippen LogP contribution is -2.36. The van der Waals surface area contributed by atoms with E-state index in [9.17, 15) is 23.3 Å². The molecule has 1 aliphatic rings. The molecular formula is C15H20N4O5S. The van der Waals surface area contributed by atoms with E-state index in [-0.39, 0.29) is 17.1 Å². The van der Waals surface area contributed by atoms with E-state index in [1.54, 1.807) is 0 Å². The van der Waals surface area contributed by atoms with E-state index in [2.05, 4.69) is 16.6 Å². The Morgan fingerprint density at radius 1 is 1.36 bits per heavy atom. The number of amides is 1. The zero-order valence-electron chi connectivity index (χ0n) is 13.6. The van der Waals surface area contributed by atoms with Gasteiger partial charge in [0.15, 0.2) is 0 Å². The van der Waals surface area contributed by atoms with Crippen LogP contribution in [0.2, 0.25) is 0 Å². The summed E-state index contributed by atoms with van der Waals surface area (Å²) in [5.41, 5.74) is 0.144. The highest BCUT2D eigenvalue weighted by Gasteiger charge is 2.26. The van der Waals surface area contributed by atoms with Gasteiger partial charge in [0, 0.05) is 25.7 Å². The average molecular weight is 368 g/mol. The van der Waals surface area contributed by atoms with Crippen LogP contribution in [0.4, 0.5) is 11.4 Å². The van der Waals surface area contributed by atoms with Crippen molar-refractivity contribution in [1.82, 2.24) is 10.0 Å². The molecule has 0 atom stereocenters. The fourth-order valence-electron chi connectivity index (χ4n) is 2.53. The van der Waals surface area contributed by atoms with Crippen molar-refractivity contribution < 1.29 is 18.1 Å². The minimum atomic E-state index is -4.04. The van der Waals surface area contributed by atoms with Crippen molar-refractivity contribution in [1.29, 1.82) is 0 Å². The number of rotatable bonds is 8. The molecule has 1 saturated heterocycles. The van der Waals surface area contributed by atoms with Crippen LogP contribution in [-0.4, -0.2) is 45.4 Å². The molecule has 0 aromatic heterocycles. The summed E-state index contributed by atoms with van der Waals surface area (Å²) >= 11 is 0. The number of nitro groups is 1. The predicted octanol–water partition coefficient (Wildman–Crippen LogP) is 0.776. The van der Waals surface area contributed by atoms with Gasteiger partial charge in [-0.2, -0.15) is 0 Å². The molecule has 0 aliphatic carbocycles. The first-order valence-corrected chi connectivity index (χ1v) is 9.24. The maximum Gasteiger partial charge on any atom is 0.293 e. The second-order valence-electron chi connectivity index (χ2n) is 5.52. The molecule has 1 aliphatic heterocycles. The monoisotopic (exact) mass is 368 g/mol. The van der Waals surface area contributed by atoms with Crippen LogP contribution in [0, 0.1) is 10.1 Å². The number of hydrogen-bond acceptors (Lipinski definition) is 6. The van der Waals surface area contributed by atoms with E-state index in [1.165, 1.54) is 18.2 Å². The first kappa shape index (κ1) is 18.9. The molecular weight excluding hydrogens is 348 g/mol. The molecule has 1 aromatic rings. The Morgan fingerprint density at radius 3 is 2.64 bits per heavy atom. The number of carbonyl (C=O) groups excluding carboxylic acids is 1. The molecule has 1 amide bonds. The number of nitrogens with zero attached hydrogens (tertiary/aromatic N) is 2. The Morgan fingerprint density at radius 2 is 2.04 bits per heavy atom. The third-order valence-corrected chi connectivity index (χ3v) is 5.17. The Bertz CT molecular complexity index is 772. The minimum Gasteiger partial charge on any atom is -0.366 e. The molecule has 1 aromatic carbocycles. The van der Waals surface area contributed by atoms with Gasteiger partial charge in [0.2, 0.25) is 15.9 Å². The Kier molecular flexibility index (Phi) is 6.10. The van der Waals surface area contributed by atoms with Crippen LogP contribution in [0.15, 0.2) is 35.7 Å². The largest absolute Gasteiger partial charge is 0.366 e. The fourth-order valence-corrected chi connectivity index (χ4v) is 3.54. The van der Waals surface area contributed by atoms with E-state index >= 15 is 0 Å². The van der Waals surface area contributed by atoms with E-state index in [1.807, 2.05) is 4.90 Å². The van der Waals surface area contributed by atoms with Crippen molar-refractivity contribution in [3.05, 3.63) is 41.0 Å². The van der Waals surface area contributed by atoms with E-state index < -0.39 is 27.4 Å². The zero-order chi connectivity index (χ0) is 18.4. The summed E-state index contributed by atoms with van der Waals surface area (Å²) in [7, 11) is -4.04. The number of sulfonamides is 1. The van der Waals surface area contributed by atoms with Gasteiger partial charge in [0.1, 0.15) is 5.69 Å². The maximum absolute atomic E-state index is 12.3. The van der Waals surface area contributed by atoms with Gasteiger partial charge in [0.05, 0.1) is 16.4 Å². The minimum absolute atomic E-state index is 0.219. The lowest BCUT2D eigenvalue weighted by molar-refractivity contribution is -0.384. The molecule has 2 N–H and O–H groups in total. The number of benzene rings is 1. The Hall–Kier alpha value is -2.46. The lowest BCUT2D eigenvalue weighted by atomic mass is 10.2. The number of hydrogen-bond donors (Lipinski definition) is 2. The van der Waals surface area contributed by atoms with Gasteiger partial charge < -0.3 is 10.2 Å². The summed E-state index contributed by atoms with van der Waals surface area (Å²) < 4.78 is 26.7. The van der Waals surface area contributed by atoms with Crippen LogP contribution in [0.1, 0.15) is 12.8 Å². The highest BCUT2D eigenvalue weighted by atomic mass is 32.2. The van der Waals surface area contributed by atoms with Gasteiger partial charge in [-0.15, -0.1) is 6.58 Å². The summed E-state index contributed by atoms with van der Waals surface area (Å²) in [6.07, 6.45) is 3.35. The summed E-state index contributed by atoms with van der Waals surface area (Å²) in [4.78, 5) is 23.8. The molecule has 2 rings (SSSR count). The summed E-state index contributed by atoms with van der Waals surface area (Å²) in [6, 6.07) is 3.78. The maximum atomic E-state index is 12.3. The van der Waals surface area contributed by atoms with Crippen molar-refractivity contribution in [3.8, 4) is 0 Å². The van der Waals surface area contributed by atoms with Crippen molar-refractivity contribution in [2.75, 3.05) is 31.1 Å². The second-order valence-corrected chi connectivity index (χ2v) is 7.29. The molecule has 136 valence electrons. The number of nitro benzene ring substituents is 1. The molecule has 1 fully saturated rings. The topological polar surface area (TPSA) is 122 Å². The molecule has 0 spiro atoms. The third-order valence-electron chi connectivity index (χ3n) is 3.77. The first-order chi connectivity index (χ1) is 11.8. The van der Waals surface area contributed by atoms with Crippen LogP contribution < -0.4 is 14.9 Å². The van der Waals surface area contributed by atoms with Gasteiger partial charge in [-0.05, 0) is 25.0 Å². The van der Waals surface area contributed by atoms with Crippen LogP contribution in [0.3, 0.4) is 0 Å². The van der Waals surface area contributed by atoms with Gasteiger partial charge in [-0.1, -0.05) is 6.08 Å². The van der Waals surface area contributed by atoms with E-state index in [4.69, 9.17) is 0 Å². The normalized spacial score (nSPS) is 14.3. The van der Waals surface area contributed by atoms with Crippen molar-refractivity contribution in [2.45, 2.75) is 17.7 Å². The standard InChI is InChI=1S/C15H20N4O5S/c1-2-7-16-15(20)11-17-25(23,24)12-5-6-13(14(10-12)19(21)22)18-8-3-4-9-18/h2,5-6,10,17H,1,3-4,7-9,11H2,(H,16,20). The molecule has 1 heterocycles. The molecule has 25 heavy (non-hydrogen) atoms. The lowest BCUT2D eigenvalue weighted by Gasteiger charge is -2.18. The first-order valence-electron chi connectivity index (χ1n) is 7.76. The van der Waals surface area contributed by atoms with Crippen molar-refractivity contribution in [2.24, 2.45) is 0 Å². The molecule has 0 radical (unpaired) electrons. The average Bonchev–Trinajstić information content (AvgIpc) is 3.12. The molecule has 0 unspecified atom stereocenters. The fraction of sp³-hybridized carbons (Fsp3) is 0.400. The summed E-state index contributed by atoms with van der Waals surface area (Å²) in [5.74, 6) is -0.522. The van der Waals surface area contributed by atoms with Crippen LogP contribution in [-0.2, 0) is 14.8 Å². The quantitative estimate of drug-likeness (QED) is 0.397. The number of nitrogens with one attached hydrogen (secondary N) is 2. The van der Waals surface area contributed by atoms with Crippen molar-refractivity contribution >= 4 is 27.3 Å². The van der Waals surface area contributed by atoms with Crippen LogP contribution >= 0.6 is 0 Å². The highest BCUT2D eigenvalue weighted by Crippen LogP contribution is 2.32. The van der Waals surface area contributed by atoms with E-state index in [0.29, 0.717) is 18.8 Å².